The van der Waals surface area contributed by atoms with Crippen molar-refractivity contribution >= 4 is 17.6 Å². The van der Waals surface area contributed by atoms with E-state index >= 15 is 0 Å². The molecule has 0 amide bonds. The average molecular weight is 259 g/mol. The van der Waals surface area contributed by atoms with Crippen molar-refractivity contribution in [2.45, 2.75) is 16.8 Å². The molecule has 0 spiro atoms. The highest BCUT2D eigenvalue weighted by molar-refractivity contribution is 7.99. The Hall–Kier alpha value is -2.01. The first kappa shape index (κ1) is 12.4. The van der Waals surface area contributed by atoms with Gasteiger partial charge in [0, 0.05) is 16.7 Å². The van der Waals surface area contributed by atoms with E-state index in [9.17, 15) is 0 Å². The molecule has 1 aromatic heterocycles. The van der Waals surface area contributed by atoms with E-state index in [4.69, 9.17) is 10.9 Å². The van der Waals surface area contributed by atoms with Gasteiger partial charge in [-0.15, -0.1) is 0 Å². The SMILES string of the molecule is Cc1ccccc1Sc1ccc(/C(N)=N/O)cn1. The van der Waals surface area contributed by atoms with Crippen molar-refractivity contribution in [1.82, 2.24) is 4.98 Å². The van der Waals surface area contributed by atoms with Gasteiger partial charge in [0.25, 0.3) is 0 Å². The number of benzene rings is 1. The summed E-state index contributed by atoms with van der Waals surface area (Å²) in [5, 5.41) is 12.4. The van der Waals surface area contributed by atoms with Crippen LogP contribution >= 0.6 is 11.8 Å². The van der Waals surface area contributed by atoms with Crippen molar-refractivity contribution in [3.63, 3.8) is 0 Å². The van der Waals surface area contributed by atoms with Gasteiger partial charge in [-0.05, 0) is 30.7 Å². The van der Waals surface area contributed by atoms with Crippen LogP contribution in [-0.4, -0.2) is 16.0 Å². The lowest BCUT2D eigenvalue weighted by molar-refractivity contribution is 0.318. The highest BCUT2D eigenvalue weighted by Crippen LogP contribution is 2.28. The van der Waals surface area contributed by atoms with Gasteiger partial charge in [0.1, 0.15) is 5.03 Å². The Labute approximate surface area is 110 Å². The lowest BCUT2D eigenvalue weighted by atomic mass is 10.2. The lowest BCUT2D eigenvalue weighted by Gasteiger charge is -2.05. The topological polar surface area (TPSA) is 71.5 Å². The fraction of sp³-hybridized carbons (Fsp3) is 0.0769. The molecule has 0 aliphatic carbocycles. The third-order valence-electron chi connectivity index (χ3n) is 2.45. The van der Waals surface area contributed by atoms with Crippen molar-refractivity contribution in [1.29, 1.82) is 0 Å². The summed E-state index contributed by atoms with van der Waals surface area (Å²) in [4.78, 5) is 5.44. The highest BCUT2D eigenvalue weighted by atomic mass is 32.2. The van der Waals surface area contributed by atoms with Crippen molar-refractivity contribution in [3.8, 4) is 0 Å². The van der Waals surface area contributed by atoms with Crippen molar-refractivity contribution in [3.05, 3.63) is 53.7 Å². The van der Waals surface area contributed by atoms with Crippen LogP contribution in [-0.2, 0) is 0 Å². The number of hydrogen-bond acceptors (Lipinski definition) is 4. The van der Waals surface area contributed by atoms with E-state index in [1.807, 2.05) is 18.2 Å². The van der Waals surface area contributed by atoms with Crippen LogP contribution < -0.4 is 5.73 Å². The zero-order chi connectivity index (χ0) is 13.0. The normalized spacial score (nSPS) is 11.5. The summed E-state index contributed by atoms with van der Waals surface area (Å²) in [7, 11) is 0. The minimum Gasteiger partial charge on any atom is -0.409 e. The Morgan fingerprint density at radius 1 is 1.28 bits per heavy atom. The van der Waals surface area contributed by atoms with E-state index in [1.165, 1.54) is 10.5 Å². The summed E-state index contributed by atoms with van der Waals surface area (Å²) < 4.78 is 0. The maximum atomic E-state index is 8.56. The Morgan fingerprint density at radius 3 is 2.67 bits per heavy atom. The van der Waals surface area contributed by atoms with Gasteiger partial charge in [0.05, 0.1) is 0 Å². The maximum Gasteiger partial charge on any atom is 0.171 e. The molecule has 0 fully saturated rings. The van der Waals surface area contributed by atoms with Crippen LogP contribution in [0.4, 0.5) is 0 Å². The van der Waals surface area contributed by atoms with Crippen LogP contribution in [0.15, 0.2) is 57.7 Å². The molecular formula is C13H13N3OS. The van der Waals surface area contributed by atoms with Crippen LogP contribution in [0.3, 0.4) is 0 Å². The second-order valence-electron chi connectivity index (χ2n) is 3.74. The fourth-order valence-electron chi connectivity index (χ4n) is 1.43. The van der Waals surface area contributed by atoms with Crippen molar-refractivity contribution in [2.24, 2.45) is 10.9 Å². The van der Waals surface area contributed by atoms with Gasteiger partial charge < -0.3 is 10.9 Å². The number of pyridine rings is 1. The molecule has 0 aliphatic heterocycles. The maximum absolute atomic E-state index is 8.56. The van der Waals surface area contributed by atoms with Gasteiger partial charge in [0.15, 0.2) is 5.84 Å². The molecule has 5 heteroatoms. The molecule has 2 rings (SSSR count). The zero-order valence-corrected chi connectivity index (χ0v) is 10.7. The van der Waals surface area contributed by atoms with Crippen LogP contribution in [0.1, 0.15) is 11.1 Å². The van der Waals surface area contributed by atoms with Gasteiger partial charge in [-0.3, -0.25) is 0 Å². The molecule has 2 aromatic rings. The van der Waals surface area contributed by atoms with Crippen LogP contribution in [0.5, 0.6) is 0 Å². The molecule has 0 atom stereocenters. The molecule has 0 saturated carbocycles. The summed E-state index contributed by atoms with van der Waals surface area (Å²) in [6.45, 7) is 2.06. The van der Waals surface area contributed by atoms with E-state index in [-0.39, 0.29) is 5.84 Å². The number of nitrogens with zero attached hydrogens (tertiary/aromatic N) is 2. The predicted molar refractivity (Wildman–Crippen MR) is 72.0 cm³/mol. The number of amidine groups is 1. The van der Waals surface area contributed by atoms with Gasteiger partial charge >= 0.3 is 0 Å². The smallest absolute Gasteiger partial charge is 0.171 e. The van der Waals surface area contributed by atoms with Crippen LogP contribution in [0.25, 0.3) is 0 Å². The van der Waals surface area contributed by atoms with Crippen LogP contribution in [0.2, 0.25) is 0 Å². The Bertz CT molecular complexity index is 567. The number of aromatic nitrogens is 1. The van der Waals surface area contributed by atoms with E-state index in [1.54, 1.807) is 24.0 Å². The summed E-state index contributed by atoms with van der Waals surface area (Å²) in [6, 6.07) is 11.8. The summed E-state index contributed by atoms with van der Waals surface area (Å²) >= 11 is 1.59. The van der Waals surface area contributed by atoms with Gasteiger partial charge in [-0.25, -0.2) is 4.98 Å². The molecule has 4 nitrogen and oxygen atoms in total. The van der Waals surface area contributed by atoms with E-state index in [2.05, 4.69) is 29.2 Å². The Balaban J connectivity index is 2.19. The zero-order valence-electron chi connectivity index (χ0n) is 9.87. The molecule has 0 saturated heterocycles. The molecule has 0 aliphatic rings. The summed E-state index contributed by atoms with van der Waals surface area (Å²) in [6.07, 6.45) is 1.59. The summed E-state index contributed by atoms with van der Waals surface area (Å²) in [5.41, 5.74) is 7.29. The van der Waals surface area contributed by atoms with E-state index in [0.29, 0.717) is 5.56 Å². The van der Waals surface area contributed by atoms with Gasteiger partial charge in [-0.2, -0.15) is 0 Å². The Morgan fingerprint density at radius 2 is 2.06 bits per heavy atom. The van der Waals surface area contributed by atoms with Crippen molar-refractivity contribution in [2.75, 3.05) is 0 Å². The number of rotatable bonds is 3. The molecule has 0 radical (unpaired) electrons. The largest absolute Gasteiger partial charge is 0.409 e. The first-order valence-corrected chi connectivity index (χ1v) is 6.20. The number of hydrogen-bond donors (Lipinski definition) is 2. The third kappa shape index (κ3) is 2.81. The Kier molecular flexibility index (Phi) is 3.84. The highest BCUT2D eigenvalue weighted by Gasteiger charge is 2.03. The molecule has 0 bridgehead atoms. The standard InChI is InChI=1S/C13H13N3OS/c1-9-4-2-3-5-11(9)18-12-7-6-10(8-15-12)13(14)16-17/h2-8,17H,1H3,(H2,14,16). The minimum atomic E-state index is 0.0648. The minimum absolute atomic E-state index is 0.0648. The summed E-state index contributed by atoms with van der Waals surface area (Å²) in [5.74, 6) is 0.0648. The molecule has 92 valence electrons. The monoisotopic (exact) mass is 259 g/mol. The lowest BCUT2D eigenvalue weighted by Crippen LogP contribution is -2.13. The van der Waals surface area contributed by atoms with Gasteiger partial charge in [-0.1, -0.05) is 35.1 Å². The third-order valence-corrected chi connectivity index (χ3v) is 3.58. The predicted octanol–water partition coefficient (Wildman–Crippen LogP) is 2.64. The second-order valence-corrected chi connectivity index (χ2v) is 4.80. The second kappa shape index (κ2) is 5.55. The van der Waals surface area contributed by atoms with Crippen LogP contribution in [0, 0.1) is 6.92 Å². The first-order valence-electron chi connectivity index (χ1n) is 5.38. The number of aryl methyl sites for hydroxylation is 1. The first-order chi connectivity index (χ1) is 8.70. The molecule has 1 aromatic carbocycles. The average Bonchev–Trinajstić information content (AvgIpc) is 2.41. The van der Waals surface area contributed by atoms with E-state index in [0.717, 1.165) is 5.03 Å². The molecule has 3 N–H and O–H groups in total. The quantitative estimate of drug-likeness (QED) is 0.385. The molecule has 0 unspecified atom stereocenters. The molecular weight excluding hydrogens is 246 g/mol. The molecule has 1 heterocycles. The number of oxime groups is 1. The van der Waals surface area contributed by atoms with Crippen molar-refractivity contribution < 1.29 is 5.21 Å². The number of nitrogens with two attached hydrogens (primary N) is 1. The molecule has 18 heavy (non-hydrogen) atoms. The van der Waals surface area contributed by atoms with Gasteiger partial charge in [0.2, 0.25) is 0 Å². The fourth-order valence-corrected chi connectivity index (χ4v) is 2.28. The van der Waals surface area contributed by atoms with E-state index < -0.39 is 0 Å².